The molecule has 0 aliphatic carbocycles. The summed E-state index contributed by atoms with van der Waals surface area (Å²) in [4.78, 5) is 73.0. The topological polar surface area (TPSA) is 205 Å². The molecule has 7 rings (SSSR count). The minimum absolute atomic E-state index is 0.0345. The highest BCUT2D eigenvalue weighted by molar-refractivity contribution is 8.00. The predicted octanol–water partition coefficient (Wildman–Crippen LogP) is 3.72. The van der Waals surface area contributed by atoms with E-state index in [2.05, 4.69) is 40.0 Å². The number of oxime groups is 1. The van der Waals surface area contributed by atoms with E-state index < -0.39 is 53.5 Å². The summed E-state index contributed by atoms with van der Waals surface area (Å²) in [6.07, 6.45) is 4.48. The highest BCUT2D eigenvalue weighted by atomic mass is 32.2. The van der Waals surface area contributed by atoms with Crippen LogP contribution in [0.5, 0.6) is 5.75 Å². The van der Waals surface area contributed by atoms with E-state index in [1.165, 1.54) is 16.7 Å². The minimum atomic E-state index is -1.37. The number of ether oxygens (including phenoxy) is 3. The zero-order valence-corrected chi connectivity index (χ0v) is 33.8. The second-order valence-corrected chi connectivity index (χ2v) is 15.9. The lowest BCUT2D eigenvalue weighted by Crippen LogP contribution is -2.71. The molecule has 0 spiro atoms. The highest BCUT2D eigenvalue weighted by Crippen LogP contribution is 2.41. The molecule has 18 nitrogen and oxygen atoms in total. The van der Waals surface area contributed by atoms with Crippen molar-refractivity contribution in [1.29, 1.82) is 0 Å². The van der Waals surface area contributed by atoms with Crippen molar-refractivity contribution in [2.45, 2.75) is 57.5 Å². The number of hydrogen-bond acceptors (Lipinski definition) is 15. The molecule has 2 atom stereocenters. The van der Waals surface area contributed by atoms with Crippen molar-refractivity contribution >= 4 is 69.2 Å². The van der Waals surface area contributed by atoms with E-state index in [-0.39, 0.29) is 35.6 Å². The maximum Gasteiger partial charge on any atom is 0.414 e. The smallest absolute Gasteiger partial charge is 0.414 e. The fourth-order valence-corrected chi connectivity index (χ4v) is 8.07. The van der Waals surface area contributed by atoms with Crippen LogP contribution >= 0.6 is 23.3 Å². The first-order valence-corrected chi connectivity index (χ1v) is 19.9. The van der Waals surface area contributed by atoms with Gasteiger partial charge in [-0.15, -0.1) is 11.8 Å². The standard InChI is InChI=1S/C38H37FN10O8S2/c1-38(2,3)57-37(53)44-36-43-30(46-59-36)27(45-56-20-39)32(50)42-28-33(51)49-29(35(52)55-18-22-10-12-25(54-4)13-11-22)23(19-58-34(28)49)16-47-15-7-9-26-31(47)41-21-48(26)17-24-8-5-6-14-40-24/h5-15,21,28,34H,16-20H2,1-4H3,(H-,42,43,44,46,50,53)/p+1. The van der Waals surface area contributed by atoms with Gasteiger partial charge in [-0.1, -0.05) is 23.4 Å². The van der Waals surface area contributed by atoms with Crippen LogP contribution in [0.3, 0.4) is 0 Å². The van der Waals surface area contributed by atoms with Gasteiger partial charge in [0.1, 0.15) is 47.1 Å². The zero-order chi connectivity index (χ0) is 41.7. The zero-order valence-electron chi connectivity index (χ0n) is 32.2. The van der Waals surface area contributed by atoms with Gasteiger partial charge in [-0.25, -0.2) is 18.5 Å². The lowest BCUT2D eigenvalue weighted by Gasteiger charge is -2.49. The van der Waals surface area contributed by atoms with Crippen molar-refractivity contribution in [2.75, 3.05) is 25.0 Å². The Morgan fingerprint density at radius 2 is 1.90 bits per heavy atom. The van der Waals surface area contributed by atoms with Crippen molar-refractivity contribution < 1.29 is 47.2 Å². The van der Waals surface area contributed by atoms with Gasteiger partial charge in [-0.05, 0) is 67.7 Å². The van der Waals surface area contributed by atoms with E-state index in [0.29, 0.717) is 40.6 Å². The Kier molecular flexibility index (Phi) is 12.1. The van der Waals surface area contributed by atoms with Crippen LogP contribution in [-0.2, 0) is 48.4 Å². The van der Waals surface area contributed by atoms with Crippen LogP contribution < -0.4 is 19.9 Å². The molecule has 0 radical (unpaired) electrons. The summed E-state index contributed by atoms with van der Waals surface area (Å²) in [6.45, 7) is 4.28. The second-order valence-electron chi connectivity index (χ2n) is 14.0. The number of alkyl halides is 1. The molecule has 0 saturated carbocycles. The molecule has 3 amide bonds. The third kappa shape index (κ3) is 9.31. The van der Waals surface area contributed by atoms with Gasteiger partial charge < -0.3 is 24.4 Å². The molecule has 1 fully saturated rings. The van der Waals surface area contributed by atoms with E-state index in [4.69, 9.17) is 14.2 Å². The summed E-state index contributed by atoms with van der Waals surface area (Å²) in [5.41, 5.74) is 2.34. The van der Waals surface area contributed by atoms with Crippen LogP contribution in [-0.4, -0.2) is 95.1 Å². The largest absolute Gasteiger partial charge is 0.497 e. The van der Waals surface area contributed by atoms with Gasteiger partial charge in [0.2, 0.25) is 23.0 Å². The number of nitrogens with one attached hydrogen (secondary N) is 2. The SMILES string of the molecule is COc1ccc(COC(=O)C2=C(C[n+]3cccc4c3ncn4Cc3ccccn3)CSC3C(NC(=O)C(=NOCF)c4nsc(NC(=O)OC(C)(C)C)n4)C(=O)N23)cc1. The second kappa shape index (κ2) is 17.6. The minimum Gasteiger partial charge on any atom is -0.497 e. The number of fused-ring (bicyclic) bond motifs is 2. The van der Waals surface area contributed by atoms with Crippen molar-refractivity contribution in [2.24, 2.45) is 5.16 Å². The first-order valence-electron chi connectivity index (χ1n) is 18.0. The quantitative estimate of drug-likeness (QED) is 0.0539. The van der Waals surface area contributed by atoms with E-state index in [0.717, 1.165) is 11.2 Å². The van der Waals surface area contributed by atoms with Gasteiger partial charge in [-0.3, -0.25) is 29.4 Å². The average Bonchev–Trinajstić information content (AvgIpc) is 3.86. The maximum atomic E-state index is 14.0. The Morgan fingerprint density at radius 1 is 1.08 bits per heavy atom. The molecule has 4 aromatic heterocycles. The number of benzene rings is 1. The number of hydrogen-bond donors (Lipinski definition) is 2. The first-order chi connectivity index (χ1) is 28.4. The molecule has 2 unspecified atom stereocenters. The van der Waals surface area contributed by atoms with Crippen molar-refractivity contribution in [3.63, 3.8) is 0 Å². The monoisotopic (exact) mass is 845 g/mol. The van der Waals surface area contributed by atoms with Crippen LogP contribution in [0, 0.1) is 0 Å². The summed E-state index contributed by atoms with van der Waals surface area (Å²) in [5.74, 6) is -1.67. The Labute approximate surface area is 344 Å². The third-order valence-electron chi connectivity index (χ3n) is 8.79. The summed E-state index contributed by atoms with van der Waals surface area (Å²) in [6, 6.07) is 15.4. The summed E-state index contributed by atoms with van der Waals surface area (Å²) >= 11 is 2.04. The molecule has 6 heterocycles. The number of thioether (sulfide) groups is 1. The number of esters is 1. The van der Waals surface area contributed by atoms with E-state index in [1.54, 1.807) is 64.7 Å². The number of β-lactam (4-membered cyclic amide) rings is 1. The molecule has 2 aliphatic rings. The number of carbonyl (C=O) groups is 4. The molecule has 1 saturated heterocycles. The number of methoxy groups -OCH3 is 1. The highest BCUT2D eigenvalue weighted by Gasteiger charge is 2.55. The summed E-state index contributed by atoms with van der Waals surface area (Å²) < 4.78 is 37.2. The molecule has 21 heteroatoms. The van der Waals surface area contributed by atoms with E-state index in [9.17, 15) is 23.6 Å². The van der Waals surface area contributed by atoms with Crippen LogP contribution in [0.4, 0.5) is 14.3 Å². The Hall–Kier alpha value is -6.48. The van der Waals surface area contributed by atoms with E-state index >= 15 is 0 Å². The molecule has 5 aromatic rings. The number of anilines is 1. The molecular formula is C38H38FN10O8S2+. The lowest BCUT2D eigenvalue weighted by atomic mass is 10.0. The Balaban J connectivity index is 1.13. The Morgan fingerprint density at radius 3 is 2.63 bits per heavy atom. The van der Waals surface area contributed by atoms with Crippen LogP contribution in [0.2, 0.25) is 0 Å². The molecule has 2 aliphatic heterocycles. The first kappa shape index (κ1) is 40.7. The maximum absolute atomic E-state index is 14.0. The molecular weight excluding hydrogens is 808 g/mol. The van der Waals surface area contributed by atoms with Gasteiger partial charge in [0.15, 0.2) is 0 Å². The molecule has 306 valence electrons. The number of imidazole rings is 1. The number of nitrogens with zero attached hydrogens (tertiary/aromatic N) is 8. The molecule has 59 heavy (non-hydrogen) atoms. The van der Waals surface area contributed by atoms with Gasteiger partial charge in [0, 0.05) is 29.1 Å². The molecule has 1 aromatic carbocycles. The van der Waals surface area contributed by atoms with Crippen LogP contribution in [0.25, 0.3) is 11.2 Å². The number of amides is 3. The van der Waals surface area contributed by atoms with Crippen LogP contribution in [0.1, 0.15) is 37.9 Å². The van der Waals surface area contributed by atoms with E-state index in [1.807, 2.05) is 45.7 Å². The molecule has 0 bridgehead atoms. The van der Waals surface area contributed by atoms with Gasteiger partial charge in [0.05, 0.1) is 25.5 Å². The summed E-state index contributed by atoms with van der Waals surface area (Å²) in [5, 5.41) is 7.81. The normalized spacial score (nSPS) is 16.6. The lowest BCUT2D eigenvalue weighted by molar-refractivity contribution is -0.664. The van der Waals surface area contributed by atoms with Gasteiger partial charge in [0.25, 0.3) is 18.7 Å². The number of halogens is 1. The average molecular weight is 846 g/mol. The van der Waals surface area contributed by atoms with Crippen molar-refractivity contribution in [3.8, 4) is 5.75 Å². The number of rotatable bonds is 14. The fraction of sp³-hybridized carbons (Fsp3) is 0.316. The van der Waals surface area contributed by atoms with Gasteiger partial charge in [-0.2, -0.15) is 9.36 Å². The third-order valence-corrected chi connectivity index (χ3v) is 10.8. The number of carbonyl (C=O) groups excluding carboxylic acids is 4. The van der Waals surface area contributed by atoms with Crippen molar-refractivity contribution in [1.82, 2.24) is 34.1 Å². The fourth-order valence-electron chi connectivity index (χ4n) is 6.18. The summed E-state index contributed by atoms with van der Waals surface area (Å²) in [7, 11) is 1.55. The van der Waals surface area contributed by atoms with Crippen molar-refractivity contribution in [3.05, 3.63) is 102 Å². The number of aromatic nitrogens is 6. The van der Waals surface area contributed by atoms with Crippen LogP contribution in [0.15, 0.2) is 89.7 Å². The van der Waals surface area contributed by atoms with Gasteiger partial charge >= 0.3 is 17.7 Å². The number of pyridine rings is 2. The predicted molar refractivity (Wildman–Crippen MR) is 211 cm³/mol. The Bertz CT molecular complexity index is 2440. The molecule has 2 N–H and O–H groups in total.